The third kappa shape index (κ3) is 31.8. The number of carboxylic acid groups (broad SMARTS) is 2. The Morgan fingerprint density at radius 1 is 0.867 bits per heavy atom. The molecule has 0 saturated carbocycles. The van der Waals surface area contributed by atoms with Gasteiger partial charge in [-0.1, -0.05) is 27.7 Å². The molecule has 2 N–H and O–H groups in total. The summed E-state index contributed by atoms with van der Waals surface area (Å²) in [6, 6.07) is 0. The Labute approximate surface area is 101 Å². The van der Waals surface area contributed by atoms with Crippen molar-refractivity contribution in [1.82, 2.24) is 0 Å². The summed E-state index contributed by atoms with van der Waals surface area (Å²) >= 11 is 0. The number of carbonyl (C=O) groups is 2. The van der Waals surface area contributed by atoms with E-state index in [1.54, 1.807) is 0 Å². The van der Waals surface area contributed by atoms with Gasteiger partial charge in [-0.25, -0.2) is 0 Å². The van der Waals surface area contributed by atoms with Crippen LogP contribution < -0.4 is 0 Å². The molecule has 0 aromatic rings. The second-order valence-electron chi connectivity index (χ2n) is 3.98. The van der Waals surface area contributed by atoms with Crippen molar-refractivity contribution in [2.24, 2.45) is 11.8 Å². The van der Waals surface area contributed by atoms with Gasteiger partial charge in [0.05, 0.1) is 0 Å². The van der Waals surface area contributed by atoms with Crippen LogP contribution in [0.2, 0.25) is 0 Å². The summed E-state index contributed by atoms with van der Waals surface area (Å²) in [7, 11) is 0. The van der Waals surface area contributed by atoms with Crippen LogP contribution in [0.1, 0.15) is 40.5 Å². The Hall–Kier alpha value is -0.554. The topological polar surface area (TPSA) is 74.6 Å². The smallest absolute Gasteiger partial charge is 0.303 e. The van der Waals surface area contributed by atoms with Gasteiger partial charge in [-0.05, 0) is 11.8 Å². The second kappa shape index (κ2) is 11.5. The number of hydrogen-bond acceptors (Lipinski definition) is 2. The van der Waals surface area contributed by atoms with E-state index in [1.807, 2.05) is 27.7 Å². The summed E-state index contributed by atoms with van der Waals surface area (Å²) in [5, 5.41) is 16.2. The zero-order chi connectivity index (χ0) is 11.7. The monoisotopic (exact) mass is 263 g/mol. The first-order valence-corrected chi connectivity index (χ1v) is 4.69. The molecule has 0 aromatic heterocycles. The fraction of sp³-hybridized carbons (Fsp3) is 0.800. The van der Waals surface area contributed by atoms with E-state index in [1.165, 1.54) is 0 Å². The van der Waals surface area contributed by atoms with Crippen LogP contribution in [0.3, 0.4) is 0 Å². The second-order valence-corrected chi connectivity index (χ2v) is 3.98. The number of carboxylic acids is 2. The summed E-state index contributed by atoms with van der Waals surface area (Å²) in [5.41, 5.74) is 0. The van der Waals surface area contributed by atoms with Crippen LogP contribution in [0, 0.1) is 11.8 Å². The van der Waals surface area contributed by atoms with Gasteiger partial charge in [-0.2, -0.15) is 0 Å². The first-order chi connectivity index (χ1) is 6.25. The Balaban J connectivity index is -0.000000180. The molecule has 0 aliphatic rings. The van der Waals surface area contributed by atoms with Crippen LogP contribution in [0.15, 0.2) is 0 Å². The van der Waals surface area contributed by atoms with Gasteiger partial charge in [0.2, 0.25) is 0 Å². The average Bonchev–Trinajstić information content (AvgIpc) is 1.79. The minimum atomic E-state index is -0.713. The Bertz CT molecular complexity index is 158. The van der Waals surface area contributed by atoms with Crippen LogP contribution in [0.4, 0.5) is 0 Å². The predicted molar refractivity (Wildman–Crippen MR) is 54.2 cm³/mol. The van der Waals surface area contributed by atoms with E-state index in [-0.39, 0.29) is 41.5 Å². The van der Waals surface area contributed by atoms with Gasteiger partial charge in [-0.15, -0.1) is 0 Å². The van der Waals surface area contributed by atoms with Crippen molar-refractivity contribution in [3.8, 4) is 0 Å². The van der Waals surface area contributed by atoms with Crippen molar-refractivity contribution in [3.05, 3.63) is 0 Å². The molecule has 0 aliphatic carbocycles. The van der Waals surface area contributed by atoms with Gasteiger partial charge >= 0.3 is 11.9 Å². The van der Waals surface area contributed by atoms with Crippen LogP contribution in [-0.2, 0) is 26.4 Å². The van der Waals surface area contributed by atoms with Crippen LogP contribution in [0.25, 0.3) is 0 Å². The Morgan fingerprint density at radius 2 is 1.07 bits per heavy atom. The Kier molecular flexibility index (Phi) is 15.3. The maximum Gasteiger partial charge on any atom is 0.303 e. The number of hydrogen-bond donors (Lipinski definition) is 2. The standard InChI is InChI=1S/2C5H10O2.Co/c2*1-4(2)3-5(6)7;/h2*4H,3H2,1-2H3,(H,6,7);. The van der Waals surface area contributed by atoms with Crippen molar-refractivity contribution in [1.29, 1.82) is 0 Å². The van der Waals surface area contributed by atoms with E-state index in [4.69, 9.17) is 10.2 Å². The third-order valence-corrected chi connectivity index (χ3v) is 1.17. The van der Waals surface area contributed by atoms with E-state index >= 15 is 0 Å². The zero-order valence-corrected chi connectivity index (χ0v) is 10.7. The molecule has 4 nitrogen and oxygen atoms in total. The van der Waals surface area contributed by atoms with Crippen molar-refractivity contribution >= 4 is 11.9 Å². The molecule has 0 bridgehead atoms. The largest absolute Gasteiger partial charge is 0.481 e. The minimum absolute atomic E-state index is 0. The molecule has 0 fully saturated rings. The summed E-state index contributed by atoms with van der Waals surface area (Å²) in [5.74, 6) is -0.875. The first-order valence-electron chi connectivity index (χ1n) is 4.69. The van der Waals surface area contributed by atoms with E-state index < -0.39 is 11.9 Å². The summed E-state index contributed by atoms with van der Waals surface area (Å²) < 4.78 is 0. The van der Waals surface area contributed by atoms with Crippen LogP contribution >= 0.6 is 0 Å². The summed E-state index contributed by atoms with van der Waals surface area (Å²) in [6.07, 6.45) is 0.556. The van der Waals surface area contributed by atoms with Crippen LogP contribution in [-0.4, -0.2) is 22.2 Å². The predicted octanol–water partition coefficient (Wildman–Crippen LogP) is 2.23. The molecule has 0 atom stereocenters. The van der Waals surface area contributed by atoms with Gasteiger partial charge in [-0.3, -0.25) is 9.59 Å². The fourth-order valence-corrected chi connectivity index (χ4v) is 0.698. The van der Waals surface area contributed by atoms with Gasteiger partial charge in [0.1, 0.15) is 0 Å². The Morgan fingerprint density at radius 3 is 1.07 bits per heavy atom. The molecule has 0 unspecified atom stereocenters. The molecule has 0 saturated heterocycles. The van der Waals surface area contributed by atoms with Gasteiger partial charge in [0.15, 0.2) is 0 Å². The maximum absolute atomic E-state index is 9.81. The van der Waals surface area contributed by atoms with Crippen molar-refractivity contribution < 1.29 is 36.6 Å². The molecular formula is C10H20CoO4. The van der Waals surface area contributed by atoms with Crippen LogP contribution in [0.5, 0.6) is 0 Å². The molecule has 0 aliphatic heterocycles. The van der Waals surface area contributed by atoms with Gasteiger partial charge < -0.3 is 10.2 Å². The van der Waals surface area contributed by atoms with Crippen molar-refractivity contribution in [2.75, 3.05) is 0 Å². The molecule has 0 spiro atoms. The minimum Gasteiger partial charge on any atom is -0.481 e. The van der Waals surface area contributed by atoms with E-state index in [9.17, 15) is 9.59 Å². The maximum atomic E-state index is 9.81. The van der Waals surface area contributed by atoms with Gasteiger partial charge in [0, 0.05) is 29.6 Å². The average molecular weight is 263 g/mol. The molecule has 0 amide bonds. The summed E-state index contributed by atoms with van der Waals surface area (Å²) in [6.45, 7) is 7.53. The first kappa shape index (κ1) is 19.9. The quantitative estimate of drug-likeness (QED) is 0.815. The fourth-order valence-electron chi connectivity index (χ4n) is 0.698. The normalized spacial score (nSPS) is 8.93. The van der Waals surface area contributed by atoms with Crippen molar-refractivity contribution in [2.45, 2.75) is 40.5 Å². The summed E-state index contributed by atoms with van der Waals surface area (Å²) in [4.78, 5) is 19.6. The van der Waals surface area contributed by atoms with Crippen molar-refractivity contribution in [3.63, 3.8) is 0 Å². The SMILES string of the molecule is CC(C)CC(=O)O.CC(C)CC(=O)O.[Co]. The van der Waals surface area contributed by atoms with E-state index in [0.29, 0.717) is 0 Å². The molecule has 1 radical (unpaired) electrons. The number of aliphatic carboxylic acids is 2. The van der Waals surface area contributed by atoms with E-state index in [0.717, 1.165) is 0 Å². The molecule has 0 aromatic carbocycles. The van der Waals surface area contributed by atoms with Gasteiger partial charge in [0.25, 0.3) is 0 Å². The molecular weight excluding hydrogens is 243 g/mol. The van der Waals surface area contributed by atoms with E-state index in [2.05, 4.69) is 0 Å². The molecule has 5 heteroatoms. The molecule has 0 rings (SSSR count). The third-order valence-electron chi connectivity index (χ3n) is 1.17. The zero-order valence-electron chi connectivity index (χ0n) is 9.61. The number of rotatable bonds is 4. The molecule has 93 valence electrons. The molecule has 15 heavy (non-hydrogen) atoms. The molecule has 0 heterocycles.